The highest BCUT2D eigenvalue weighted by molar-refractivity contribution is 8.00. The zero-order valence-electron chi connectivity index (χ0n) is 9.43. The Kier molecular flexibility index (Phi) is 7.01. The van der Waals surface area contributed by atoms with Gasteiger partial charge in [-0.15, -0.1) is 0 Å². The minimum atomic E-state index is 0.0628. The lowest BCUT2D eigenvalue weighted by molar-refractivity contribution is -0.121. The fourth-order valence-electron chi connectivity index (χ4n) is 1.34. The molecule has 3 nitrogen and oxygen atoms in total. The summed E-state index contributed by atoms with van der Waals surface area (Å²) < 4.78 is 0.199. The molecule has 0 rings (SSSR count). The fourth-order valence-corrected chi connectivity index (χ4v) is 2.13. The van der Waals surface area contributed by atoms with Crippen LogP contribution in [-0.2, 0) is 4.79 Å². The molecule has 1 amide bonds. The zero-order chi connectivity index (χ0) is 11.0. The first-order valence-corrected chi connectivity index (χ1v) is 6.38. The van der Waals surface area contributed by atoms with Gasteiger partial charge in [0.05, 0.1) is 0 Å². The third kappa shape index (κ3) is 4.33. The Labute approximate surface area is 91.2 Å². The molecule has 0 aromatic carbocycles. The highest BCUT2D eigenvalue weighted by Gasteiger charge is 2.24. The van der Waals surface area contributed by atoms with Crippen LogP contribution < -0.4 is 11.1 Å². The van der Waals surface area contributed by atoms with E-state index >= 15 is 0 Å². The highest BCUT2D eigenvalue weighted by Crippen LogP contribution is 2.29. The van der Waals surface area contributed by atoms with E-state index in [4.69, 9.17) is 5.73 Å². The molecule has 0 spiro atoms. The molecule has 0 radical (unpaired) electrons. The third-order valence-electron chi connectivity index (χ3n) is 2.70. The lowest BCUT2D eigenvalue weighted by atomic mass is 10.0. The number of rotatable bonds is 7. The van der Waals surface area contributed by atoms with Gasteiger partial charge in [-0.1, -0.05) is 13.8 Å². The van der Waals surface area contributed by atoms with Gasteiger partial charge in [-0.05, 0) is 19.1 Å². The van der Waals surface area contributed by atoms with Gasteiger partial charge in [0.25, 0.3) is 0 Å². The van der Waals surface area contributed by atoms with Crippen molar-refractivity contribution in [3.8, 4) is 0 Å². The average Bonchev–Trinajstić information content (AvgIpc) is 2.21. The maximum Gasteiger partial charge on any atom is 0.221 e. The number of amides is 1. The Balaban J connectivity index is 3.99. The van der Waals surface area contributed by atoms with E-state index in [9.17, 15) is 4.79 Å². The Morgan fingerprint density at radius 3 is 2.36 bits per heavy atom. The number of thioether (sulfide) groups is 1. The molecule has 0 saturated carbocycles. The lowest BCUT2D eigenvalue weighted by Gasteiger charge is -2.29. The molecule has 0 heterocycles. The SMILES string of the molecule is CCC(CC)(CNC(=O)CCN)SC. The Morgan fingerprint density at radius 1 is 1.43 bits per heavy atom. The number of carbonyl (C=O) groups excluding carboxylic acids is 1. The van der Waals surface area contributed by atoms with E-state index in [0.29, 0.717) is 13.0 Å². The first kappa shape index (κ1) is 13.8. The zero-order valence-corrected chi connectivity index (χ0v) is 10.2. The van der Waals surface area contributed by atoms with Gasteiger partial charge >= 0.3 is 0 Å². The van der Waals surface area contributed by atoms with Crippen LogP contribution in [0.3, 0.4) is 0 Å². The molecule has 0 aliphatic heterocycles. The van der Waals surface area contributed by atoms with Gasteiger partial charge in [0.2, 0.25) is 5.91 Å². The van der Waals surface area contributed by atoms with E-state index in [-0.39, 0.29) is 10.7 Å². The van der Waals surface area contributed by atoms with Crippen molar-refractivity contribution in [2.24, 2.45) is 5.73 Å². The van der Waals surface area contributed by atoms with E-state index in [1.54, 1.807) is 0 Å². The summed E-state index contributed by atoms with van der Waals surface area (Å²) in [6, 6.07) is 0. The van der Waals surface area contributed by atoms with Crippen molar-refractivity contribution in [3.05, 3.63) is 0 Å². The minimum absolute atomic E-state index is 0.0628. The molecule has 0 aliphatic rings. The van der Waals surface area contributed by atoms with E-state index in [1.807, 2.05) is 11.8 Å². The molecule has 14 heavy (non-hydrogen) atoms. The molecular formula is C10H22N2OS. The molecule has 0 atom stereocenters. The van der Waals surface area contributed by atoms with Gasteiger partial charge in [-0.2, -0.15) is 11.8 Å². The molecule has 0 saturated heterocycles. The summed E-state index contributed by atoms with van der Waals surface area (Å²) in [5.74, 6) is 0.0628. The van der Waals surface area contributed by atoms with Crippen molar-refractivity contribution in [2.75, 3.05) is 19.3 Å². The lowest BCUT2D eigenvalue weighted by Crippen LogP contribution is -2.40. The Hall–Kier alpha value is -0.220. The van der Waals surface area contributed by atoms with Crippen molar-refractivity contribution in [1.29, 1.82) is 0 Å². The summed E-state index contributed by atoms with van der Waals surface area (Å²) >= 11 is 1.83. The maximum atomic E-state index is 11.2. The quantitative estimate of drug-likeness (QED) is 0.678. The summed E-state index contributed by atoms with van der Waals surface area (Å²) in [6.45, 7) is 5.50. The number of nitrogens with one attached hydrogen (secondary N) is 1. The van der Waals surface area contributed by atoms with Crippen molar-refractivity contribution in [3.63, 3.8) is 0 Å². The molecule has 0 aliphatic carbocycles. The summed E-state index contributed by atoms with van der Waals surface area (Å²) in [6.07, 6.45) is 4.68. The standard InChI is InChI=1S/C10H22N2OS/c1-4-10(5-2,14-3)8-12-9(13)6-7-11/h4-8,11H2,1-3H3,(H,12,13). The first-order valence-electron chi connectivity index (χ1n) is 5.16. The average molecular weight is 218 g/mol. The van der Waals surface area contributed by atoms with Crippen LogP contribution in [0.1, 0.15) is 33.1 Å². The highest BCUT2D eigenvalue weighted by atomic mass is 32.2. The molecule has 0 fully saturated rings. The Morgan fingerprint density at radius 2 is 2.00 bits per heavy atom. The number of nitrogens with two attached hydrogens (primary N) is 1. The van der Waals surface area contributed by atoms with Gasteiger partial charge in [0, 0.05) is 24.3 Å². The van der Waals surface area contributed by atoms with Crippen molar-refractivity contribution >= 4 is 17.7 Å². The van der Waals surface area contributed by atoms with Crippen LogP contribution in [0.5, 0.6) is 0 Å². The van der Waals surface area contributed by atoms with Crippen LogP contribution in [0.4, 0.5) is 0 Å². The van der Waals surface area contributed by atoms with E-state index < -0.39 is 0 Å². The van der Waals surface area contributed by atoms with Gasteiger partial charge in [0.15, 0.2) is 0 Å². The maximum absolute atomic E-state index is 11.2. The fraction of sp³-hybridized carbons (Fsp3) is 0.900. The van der Waals surface area contributed by atoms with Crippen LogP contribution in [0.25, 0.3) is 0 Å². The molecule has 84 valence electrons. The van der Waals surface area contributed by atoms with Gasteiger partial charge < -0.3 is 11.1 Å². The van der Waals surface area contributed by atoms with Gasteiger partial charge in [-0.25, -0.2) is 0 Å². The number of hydrogen-bond donors (Lipinski definition) is 2. The van der Waals surface area contributed by atoms with Crippen LogP contribution in [-0.4, -0.2) is 30.0 Å². The molecule has 0 aromatic heterocycles. The van der Waals surface area contributed by atoms with Crippen LogP contribution >= 0.6 is 11.8 Å². The molecule has 0 bridgehead atoms. The normalized spacial score (nSPS) is 11.4. The Bertz CT molecular complexity index is 161. The van der Waals surface area contributed by atoms with Crippen molar-refractivity contribution in [2.45, 2.75) is 37.9 Å². The number of carbonyl (C=O) groups is 1. The summed E-state index contributed by atoms with van der Waals surface area (Å²) in [5, 5.41) is 2.94. The summed E-state index contributed by atoms with van der Waals surface area (Å²) in [7, 11) is 0. The summed E-state index contributed by atoms with van der Waals surface area (Å²) in [5.41, 5.74) is 5.30. The summed E-state index contributed by atoms with van der Waals surface area (Å²) in [4.78, 5) is 11.2. The molecule has 0 unspecified atom stereocenters. The van der Waals surface area contributed by atoms with Gasteiger partial charge in [0.1, 0.15) is 0 Å². The smallest absolute Gasteiger partial charge is 0.221 e. The minimum Gasteiger partial charge on any atom is -0.355 e. The van der Waals surface area contributed by atoms with Crippen molar-refractivity contribution < 1.29 is 4.79 Å². The molecule has 3 N–H and O–H groups in total. The van der Waals surface area contributed by atoms with E-state index in [1.165, 1.54) is 0 Å². The molecule has 0 aromatic rings. The van der Waals surface area contributed by atoms with Crippen LogP contribution in [0.2, 0.25) is 0 Å². The third-order valence-corrected chi connectivity index (χ3v) is 4.29. The second-order valence-corrected chi connectivity index (χ2v) is 4.68. The van der Waals surface area contributed by atoms with E-state index in [2.05, 4.69) is 25.4 Å². The predicted octanol–water partition coefficient (Wildman–Crippen LogP) is 1.37. The largest absolute Gasteiger partial charge is 0.355 e. The monoisotopic (exact) mass is 218 g/mol. The second kappa shape index (κ2) is 7.12. The number of hydrogen-bond acceptors (Lipinski definition) is 3. The van der Waals surface area contributed by atoms with Crippen LogP contribution in [0.15, 0.2) is 0 Å². The van der Waals surface area contributed by atoms with E-state index in [0.717, 1.165) is 19.4 Å². The van der Waals surface area contributed by atoms with Crippen molar-refractivity contribution in [1.82, 2.24) is 5.32 Å². The predicted molar refractivity (Wildman–Crippen MR) is 63.5 cm³/mol. The molecule has 4 heteroatoms. The van der Waals surface area contributed by atoms with Gasteiger partial charge in [-0.3, -0.25) is 4.79 Å². The van der Waals surface area contributed by atoms with Crippen LogP contribution in [0, 0.1) is 0 Å². The molecular weight excluding hydrogens is 196 g/mol. The second-order valence-electron chi connectivity index (χ2n) is 3.41. The topological polar surface area (TPSA) is 55.1 Å². The first-order chi connectivity index (χ1) is 6.64.